The van der Waals surface area contributed by atoms with Gasteiger partial charge in [0.25, 0.3) is 5.91 Å². The summed E-state index contributed by atoms with van der Waals surface area (Å²) in [6.45, 7) is 1.39. The van der Waals surface area contributed by atoms with E-state index in [-0.39, 0.29) is 5.91 Å². The van der Waals surface area contributed by atoms with Crippen molar-refractivity contribution in [2.75, 3.05) is 5.32 Å². The summed E-state index contributed by atoms with van der Waals surface area (Å²) in [5.41, 5.74) is 3.59. The van der Waals surface area contributed by atoms with Crippen molar-refractivity contribution in [3.05, 3.63) is 102 Å². The number of nitrogens with one attached hydrogen (secondary N) is 1. The van der Waals surface area contributed by atoms with E-state index in [1.54, 1.807) is 23.3 Å². The van der Waals surface area contributed by atoms with Crippen LogP contribution in [0.1, 0.15) is 21.5 Å². The second-order valence-corrected chi connectivity index (χ2v) is 6.59. The number of carbonyl (C=O) groups is 1. The molecule has 2 aromatic heterocycles. The zero-order chi connectivity index (χ0) is 19.2. The highest BCUT2D eigenvalue weighted by Crippen LogP contribution is 2.10. The quantitative estimate of drug-likeness (QED) is 0.540. The summed E-state index contributed by atoms with van der Waals surface area (Å²) in [5, 5.41) is 11.5. The van der Waals surface area contributed by atoms with Gasteiger partial charge in [0, 0.05) is 18.9 Å². The number of hydrogen-bond acceptors (Lipinski definition) is 3. The topological polar surface area (TPSA) is 64.7 Å². The molecule has 0 unspecified atom stereocenters. The van der Waals surface area contributed by atoms with Crippen LogP contribution >= 0.6 is 0 Å². The smallest absolute Gasteiger partial charge is 0.258 e. The Kier molecular flexibility index (Phi) is 5.29. The Morgan fingerprint density at radius 3 is 2.25 bits per heavy atom. The number of nitrogens with zero attached hydrogens (tertiary/aromatic N) is 4. The van der Waals surface area contributed by atoms with Crippen molar-refractivity contribution in [2.24, 2.45) is 0 Å². The van der Waals surface area contributed by atoms with Gasteiger partial charge in [0.05, 0.1) is 30.2 Å². The average molecular weight is 371 g/mol. The molecule has 4 aromatic rings. The minimum absolute atomic E-state index is 0.193. The molecule has 0 spiro atoms. The molecule has 6 heteroatoms. The lowest BCUT2D eigenvalue weighted by Crippen LogP contribution is -2.10. The average Bonchev–Trinajstić information content (AvgIpc) is 3.38. The van der Waals surface area contributed by atoms with Gasteiger partial charge in [-0.15, -0.1) is 0 Å². The Morgan fingerprint density at radius 2 is 1.50 bits per heavy atom. The van der Waals surface area contributed by atoms with E-state index in [4.69, 9.17) is 0 Å². The summed E-state index contributed by atoms with van der Waals surface area (Å²) < 4.78 is 3.59. The first-order valence-corrected chi connectivity index (χ1v) is 9.20. The molecule has 0 bridgehead atoms. The van der Waals surface area contributed by atoms with Gasteiger partial charge in [0.15, 0.2) is 0 Å². The molecule has 6 nitrogen and oxygen atoms in total. The second-order valence-electron chi connectivity index (χ2n) is 6.59. The summed E-state index contributed by atoms with van der Waals surface area (Å²) in [6.07, 6.45) is 7.73. The Bertz CT molecular complexity index is 1040. The van der Waals surface area contributed by atoms with E-state index < -0.39 is 0 Å². The molecule has 140 valence electrons. The molecule has 0 saturated heterocycles. The van der Waals surface area contributed by atoms with E-state index in [0.717, 1.165) is 18.5 Å². The standard InChI is InChI=1S/C22H21N5O/c28-22(20-13-23-27(16-20)15-19-9-5-2-6-10-19)25-21-14-24-26(17-21)12-11-18-7-3-1-4-8-18/h1-10,13-14,16-17H,11-12,15H2,(H,25,28). The lowest BCUT2D eigenvalue weighted by Gasteiger charge is -2.02. The van der Waals surface area contributed by atoms with Gasteiger partial charge in [0.1, 0.15) is 0 Å². The van der Waals surface area contributed by atoms with Gasteiger partial charge in [-0.2, -0.15) is 10.2 Å². The molecular weight excluding hydrogens is 350 g/mol. The van der Waals surface area contributed by atoms with Crippen LogP contribution in [-0.2, 0) is 19.5 Å². The third kappa shape index (κ3) is 4.54. The van der Waals surface area contributed by atoms with E-state index in [1.807, 2.05) is 59.4 Å². The van der Waals surface area contributed by atoms with Gasteiger partial charge in [-0.05, 0) is 17.5 Å². The van der Waals surface area contributed by atoms with Crippen molar-refractivity contribution in [1.82, 2.24) is 19.6 Å². The molecule has 2 aromatic carbocycles. The van der Waals surface area contributed by atoms with Crippen LogP contribution in [0.2, 0.25) is 0 Å². The molecule has 1 N–H and O–H groups in total. The summed E-state index contributed by atoms with van der Waals surface area (Å²) in [6, 6.07) is 20.3. The molecule has 0 saturated carbocycles. The van der Waals surface area contributed by atoms with Crippen LogP contribution in [0.3, 0.4) is 0 Å². The molecule has 4 rings (SSSR count). The Hall–Kier alpha value is -3.67. The van der Waals surface area contributed by atoms with Crippen molar-refractivity contribution >= 4 is 11.6 Å². The third-order valence-electron chi connectivity index (χ3n) is 4.45. The van der Waals surface area contributed by atoms with Crippen LogP contribution in [-0.4, -0.2) is 25.5 Å². The Balaban J connectivity index is 1.33. The van der Waals surface area contributed by atoms with Crippen LogP contribution in [0.25, 0.3) is 0 Å². The Labute approximate surface area is 163 Å². The third-order valence-corrected chi connectivity index (χ3v) is 4.45. The molecule has 0 atom stereocenters. The summed E-state index contributed by atoms with van der Waals surface area (Å²) in [4.78, 5) is 12.5. The normalized spacial score (nSPS) is 10.7. The second kappa shape index (κ2) is 8.35. The van der Waals surface area contributed by atoms with E-state index in [9.17, 15) is 4.79 Å². The molecule has 2 heterocycles. The number of amides is 1. The van der Waals surface area contributed by atoms with Crippen molar-refractivity contribution in [1.29, 1.82) is 0 Å². The summed E-state index contributed by atoms with van der Waals surface area (Å²) >= 11 is 0. The lowest BCUT2D eigenvalue weighted by atomic mass is 10.1. The molecule has 0 aliphatic rings. The number of hydrogen-bond donors (Lipinski definition) is 1. The predicted octanol–water partition coefficient (Wildman–Crippen LogP) is 3.62. The van der Waals surface area contributed by atoms with Crippen LogP contribution < -0.4 is 5.32 Å². The molecule has 0 aliphatic carbocycles. The number of benzene rings is 2. The van der Waals surface area contributed by atoms with Gasteiger partial charge in [-0.3, -0.25) is 14.2 Å². The number of aryl methyl sites for hydroxylation is 2. The molecule has 0 radical (unpaired) electrons. The lowest BCUT2D eigenvalue weighted by molar-refractivity contribution is 0.102. The summed E-state index contributed by atoms with van der Waals surface area (Å²) in [7, 11) is 0. The highest BCUT2D eigenvalue weighted by atomic mass is 16.1. The molecule has 0 aliphatic heterocycles. The van der Waals surface area contributed by atoms with E-state index in [0.29, 0.717) is 17.8 Å². The van der Waals surface area contributed by atoms with Gasteiger partial charge in [-0.25, -0.2) is 0 Å². The van der Waals surface area contributed by atoms with E-state index in [2.05, 4.69) is 27.6 Å². The minimum atomic E-state index is -0.193. The number of carbonyl (C=O) groups excluding carboxylic acids is 1. The monoisotopic (exact) mass is 371 g/mol. The molecule has 1 amide bonds. The van der Waals surface area contributed by atoms with Crippen molar-refractivity contribution in [2.45, 2.75) is 19.5 Å². The SMILES string of the molecule is O=C(Nc1cnn(CCc2ccccc2)c1)c1cnn(Cc2ccccc2)c1. The first kappa shape index (κ1) is 17.7. The molecular formula is C22H21N5O. The van der Waals surface area contributed by atoms with Crippen LogP contribution in [0.5, 0.6) is 0 Å². The van der Waals surface area contributed by atoms with E-state index >= 15 is 0 Å². The van der Waals surface area contributed by atoms with Gasteiger partial charge < -0.3 is 5.32 Å². The fourth-order valence-electron chi connectivity index (χ4n) is 2.98. The highest BCUT2D eigenvalue weighted by Gasteiger charge is 2.10. The van der Waals surface area contributed by atoms with Crippen molar-refractivity contribution in [3.63, 3.8) is 0 Å². The molecule has 0 fully saturated rings. The van der Waals surface area contributed by atoms with Crippen molar-refractivity contribution in [3.8, 4) is 0 Å². The fraction of sp³-hybridized carbons (Fsp3) is 0.136. The van der Waals surface area contributed by atoms with Crippen molar-refractivity contribution < 1.29 is 4.79 Å². The fourth-order valence-corrected chi connectivity index (χ4v) is 2.98. The van der Waals surface area contributed by atoms with Gasteiger partial charge in [0.2, 0.25) is 0 Å². The predicted molar refractivity (Wildman–Crippen MR) is 108 cm³/mol. The maximum atomic E-state index is 12.5. The van der Waals surface area contributed by atoms with Crippen LogP contribution in [0, 0.1) is 0 Å². The Morgan fingerprint density at radius 1 is 0.821 bits per heavy atom. The minimum Gasteiger partial charge on any atom is -0.319 e. The van der Waals surface area contributed by atoms with E-state index in [1.165, 1.54) is 5.56 Å². The van der Waals surface area contributed by atoms with Crippen LogP contribution in [0.15, 0.2) is 85.5 Å². The largest absolute Gasteiger partial charge is 0.319 e. The highest BCUT2D eigenvalue weighted by molar-refractivity contribution is 6.03. The van der Waals surface area contributed by atoms with Gasteiger partial charge in [-0.1, -0.05) is 60.7 Å². The summed E-state index contributed by atoms with van der Waals surface area (Å²) in [5.74, 6) is -0.193. The van der Waals surface area contributed by atoms with Crippen LogP contribution in [0.4, 0.5) is 5.69 Å². The number of rotatable bonds is 7. The first-order valence-electron chi connectivity index (χ1n) is 9.20. The maximum absolute atomic E-state index is 12.5. The number of anilines is 1. The zero-order valence-corrected chi connectivity index (χ0v) is 15.4. The maximum Gasteiger partial charge on any atom is 0.258 e. The van der Waals surface area contributed by atoms with Gasteiger partial charge >= 0.3 is 0 Å². The molecule has 28 heavy (non-hydrogen) atoms. The zero-order valence-electron chi connectivity index (χ0n) is 15.4. The first-order chi connectivity index (χ1) is 13.8. The number of aromatic nitrogens is 4.